The normalized spacial score (nSPS) is 22.6. The predicted octanol–water partition coefficient (Wildman–Crippen LogP) is 4.72. The minimum absolute atomic E-state index is 0.146. The second kappa shape index (κ2) is 6.75. The molecule has 1 heterocycles. The third-order valence-electron chi connectivity index (χ3n) is 6.12. The number of fused-ring (bicyclic) bond motifs is 3. The van der Waals surface area contributed by atoms with Gasteiger partial charge in [0, 0.05) is 23.5 Å². The Morgan fingerprint density at radius 2 is 1.61 bits per heavy atom. The van der Waals surface area contributed by atoms with Crippen molar-refractivity contribution in [2.75, 3.05) is 0 Å². The molecule has 1 aliphatic heterocycles. The van der Waals surface area contributed by atoms with Crippen LogP contribution in [0, 0.1) is 5.92 Å². The van der Waals surface area contributed by atoms with E-state index in [0.29, 0.717) is 6.42 Å². The Hall–Kier alpha value is -3.20. The molecule has 0 saturated heterocycles. The van der Waals surface area contributed by atoms with Crippen LogP contribution in [0.3, 0.4) is 0 Å². The summed E-state index contributed by atoms with van der Waals surface area (Å²) < 4.78 is 0. The molecule has 2 aliphatic rings. The van der Waals surface area contributed by atoms with E-state index in [0.717, 1.165) is 29.7 Å². The van der Waals surface area contributed by atoms with Crippen molar-refractivity contribution < 1.29 is 4.79 Å². The fourth-order valence-corrected chi connectivity index (χ4v) is 4.71. The van der Waals surface area contributed by atoms with Crippen molar-refractivity contribution in [2.45, 2.75) is 24.8 Å². The zero-order chi connectivity index (χ0) is 19.0. The number of carbonyl (C=O) groups excluding carboxylic acids is 1. The van der Waals surface area contributed by atoms with Crippen LogP contribution < -0.4 is 5.43 Å². The molecule has 3 heteroatoms. The van der Waals surface area contributed by atoms with Crippen molar-refractivity contribution in [3.05, 3.63) is 107 Å². The summed E-state index contributed by atoms with van der Waals surface area (Å²) in [6, 6.07) is 28.4. The van der Waals surface area contributed by atoms with Crippen molar-refractivity contribution in [1.29, 1.82) is 0 Å². The van der Waals surface area contributed by atoms with Crippen LogP contribution in [0.5, 0.6) is 0 Å². The van der Waals surface area contributed by atoms with Crippen LogP contribution in [0.1, 0.15) is 39.9 Å². The largest absolute Gasteiger partial charge is 0.298 e. The van der Waals surface area contributed by atoms with Gasteiger partial charge in [0.15, 0.2) is 5.78 Å². The fourth-order valence-electron chi connectivity index (χ4n) is 4.71. The molecular weight excluding hydrogens is 344 g/mol. The smallest absolute Gasteiger partial charge is 0.165 e. The summed E-state index contributed by atoms with van der Waals surface area (Å²) in [6.07, 6.45) is 2.39. The van der Waals surface area contributed by atoms with Gasteiger partial charge in [0.25, 0.3) is 0 Å². The van der Waals surface area contributed by atoms with Crippen LogP contribution in [0.4, 0.5) is 0 Å². The van der Waals surface area contributed by atoms with Crippen molar-refractivity contribution in [1.82, 2.24) is 5.43 Å². The van der Waals surface area contributed by atoms with Gasteiger partial charge in [-0.2, -0.15) is 5.10 Å². The lowest BCUT2D eigenvalue weighted by molar-refractivity contribution is 0.0919. The van der Waals surface area contributed by atoms with Gasteiger partial charge >= 0.3 is 0 Å². The van der Waals surface area contributed by atoms with E-state index >= 15 is 0 Å². The van der Waals surface area contributed by atoms with E-state index in [1.807, 2.05) is 48.5 Å². The second-order valence-electron chi connectivity index (χ2n) is 7.66. The summed E-state index contributed by atoms with van der Waals surface area (Å²) in [4.78, 5) is 13.2. The Labute approximate surface area is 165 Å². The molecule has 0 radical (unpaired) electrons. The highest BCUT2D eigenvalue weighted by molar-refractivity contribution is 6.07. The quantitative estimate of drug-likeness (QED) is 0.679. The maximum absolute atomic E-state index is 13.2. The van der Waals surface area contributed by atoms with Gasteiger partial charge in [0.1, 0.15) is 0 Å². The van der Waals surface area contributed by atoms with Gasteiger partial charge < -0.3 is 0 Å². The molecule has 1 aliphatic carbocycles. The molecule has 2 unspecified atom stereocenters. The molecule has 0 spiro atoms. The average Bonchev–Trinajstić information content (AvgIpc) is 3.15. The number of rotatable bonds is 4. The first kappa shape index (κ1) is 16.9. The van der Waals surface area contributed by atoms with Crippen molar-refractivity contribution in [3.63, 3.8) is 0 Å². The standard InChI is InChI=1S/C25H22N2O/c28-23(19-10-3-1-4-11-19)17-25(20-12-5-2-6-13-20)22-16-15-18-9-7-8-14-21(18)24(22)26-27-25/h1-14,22,27H,15-17H2. The van der Waals surface area contributed by atoms with Gasteiger partial charge in [0.05, 0.1) is 11.3 Å². The zero-order valence-electron chi connectivity index (χ0n) is 15.6. The molecule has 3 aromatic rings. The molecule has 0 bridgehead atoms. The van der Waals surface area contributed by atoms with E-state index in [9.17, 15) is 4.79 Å². The van der Waals surface area contributed by atoms with E-state index < -0.39 is 5.54 Å². The number of ketones is 1. The van der Waals surface area contributed by atoms with Gasteiger partial charge in [-0.25, -0.2) is 0 Å². The molecule has 138 valence electrons. The van der Waals surface area contributed by atoms with Crippen LogP contribution in [0.15, 0.2) is 90.0 Å². The lowest BCUT2D eigenvalue weighted by Crippen LogP contribution is -2.46. The molecule has 3 nitrogen and oxygen atoms in total. The minimum Gasteiger partial charge on any atom is -0.298 e. The van der Waals surface area contributed by atoms with E-state index in [2.05, 4.69) is 41.8 Å². The number of hydrogen-bond donors (Lipinski definition) is 1. The number of carbonyl (C=O) groups is 1. The molecular formula is C25H22N2O. The Balaban J connectivity index is 1.57. The van der Waals surface area contributed by atoms with Crippen LogP contribution in [-0.4, -0.2) is 11.5 Å². The molecule has 0 amide bonds. The van der Waals surface area contributed by atoms with Gasteiger partial charge in [0.2, 0.25) is 0 Å². The molecule has 0 fully saturated rings. The number of aryl methyl sites for hydroxylation is 1. The highest BCUT2D eigenvalue weighted by Gasteiger charge is 2.50. The molecule has 5 rings (SSSR count). The van der Waals surface area contributed by atoms with Crippen molar-refractivity contribution in [2.24, 2.45) is 11.0 Å². The van der Waals surface area contributed by atoms with Crippen LogP contribution in [-0.2, 0) is 12.0 Å². The summed E-state index contributed by atoms with van der Waals surface area (Å²) in [6.45, 7) is 0. The first-order valence-electron chi connectivity index (χ1n) is 9.85. The van der Waals surface area contributed by atoms with Crippen molar-refractivity contribution >= 4 is 11.5 Å². The molecule has 1 N–H and O–H groups in total. The summed E-state index contributed by atoms with van der Waals surface area (Å²) in [7, 11) is 0. The number of hydrogen-bond acceptors (Lipinski definition) is 3. The summed E-state index contributed by atoms with van der Waals surface area (Å²) in [5.74, 6) is 0.324. The molecule has 2 atom stereocenters. The third kappa shape index (κ3) is 2.66. The maximum atomic E-state index is 13.2. The Morgan fingerprint density at radius 1 is 0.929 bits per heavy atom. The number of hydrazone groups is 1. The lowest BCUT2D eigenvalue weighted by atomic mass is 9.67. The monoisotopic (exact) mass is 366 g/mol. The highest BCUT2D eigenvalue weighted by atomic mass is 16.1. The fraction of sp³-hybridized carbons (Fsp3) is 0.200. The van der Waals surface area contributed by atoms with Crippen molar-refractivity contribution in [3.8, 4) is 0 Å². The summed E-state index contributed by atoms with van der Waals surface area (Å²) in [5, 5.41) is 4.79. The zero-order valence-corrected chi connectivity index (χ0v) is 15.6. The Morgan fingerprint density at radius 3 is 2.39 bits per heavy atom. The third-order valence-corrected chi connectivity index (χ3v) is 6.12. The molecule has 3 aromatic carbocycles. The molecule has 0 saturated carbocycles. The Bertz CT molecular complexity index is 1040. The number of Topliss-reactive ketones (excluding diaryl/α,β-unsaturated/α-hetero) is 1. The van der Waals surface area contributed by atoms with Crippen LogP contribution in [0.25, 0.3) is 0 Å². The minimum atomic E-state index is -0.503. The number of nitrogens with one attached hydrogen (secondary N) is 1. The van der Waals surface area contributed by atoms with Crippen LogP contribution in [0.2, 0.25) is 0 Å². The number of nitrogens with zero attached hydrogens (tertiary/aromatic N) is 1. The van der Waals surface area contributed by atoms with Crippen LogP contribution >= 0.6 is 0 Å². The predicted molar refractivity (Wildman–Crippen MR) is 111 cm³/mol. The first-order valence-corrected chi connectivity index (χ1v) is 9.85. The van der Waals surface area contributed by atoms with Gasteiger partial charge in [-0.15, -0.1) is 0 Å². The van der Waals surface area contributed by atoms with E-state index in [1.54, 1.807) is 0 Å². The number of benzene rings is 3. The van der Waals surface area contributed by atoms with E-state index in [1.165, 1.54) is 11.1 Å². The van der Waals surface area contributed by atoms with E-state index in [4.69, 9.17) is 5.10 Å². The summed E-state index contributed by atoms with van der Waals surface area (Å²) >= 11 is 0. The topological polar surface area (TPSA) is 41.5 Å². The maximum Gasteiger partial charge on any atom is 0.165 e. The Kier molecular flexibility index (Phi) is 4.09. The van der Waals surface area contributed by atoms with E-state index in [-0.39, 0.29) is 11.7 Å². The highest BCUT2D eigenvalue weighted by Crippen LogP contribution is 2.45. The first-order chi connectivity index (χ1) is 13.8. The molecule has 0 aromatic heterocycles. The van der Waals surface area contributed by atoms with Gasteiger partial charge in [-0.05, 0) is 24.0 Å². The second-order valence-corrected chi connectivity index (χ2v) is 7.66. The average molecular weight is 366 g/mol. The lowest BCUT2D eigenvalue weighted by Gasteiger charge is -2.38. The summed E-state index contributed by atoms with van der Waals surface area (Å²) in [5.41, 5.74) is 8.47. The molecule has 28 heavy (non-hydrogen) atoms. The van der Waals surface area contributed by atoms with Gasteiger partial charge in [-0.3, -0.25) is 10.2 Å². The SMILES string of the molecule is O=C(CC1(c2ccccc2)NN=C2c3ccccc3CCC21)c1ccccc1. The van der Waals surface area contributed by atoms with Gasteiger partial charge in [-0.1, -0.05) is 84.9 Å².